The summed E-state index contributed by atoms with van der Waals surface area (Å²) >= 11 is 0. The molecule has 0 aliphatic carbocycles. The largest absolute Gasteiger partial charge is 0.476 e. The number of likely N-dealkylation sites (N-methyl/N-ethyl adjacent to an activating group) is 1. The van der Waals surface area contributed by atoms with Gasteiger partial charge in [-0.15, -0.1) is 0 Å². The molecule has 0 atom stereocenters. The lowest BCUT2D eigenvalue weighted by atomic mass is 10.1. The number of aromatic nitrogens is 1. The van der Waals surface area contributed by atoms with E-state index in [9.17, 15) is 14.0 Å². The summed E-state index contributed by atoms with van der Waals surface area (Å²) in [5.74, 6) is 0.913. The van der Waals surface area contributed by atoms with Crippen LogP contribution in [0.15, 0.2) is 48.7 Å². The van der Waals surface area contributed by atoms with Gasteiger partial charge in [0.25, 0.3) is 11.8 Å². The van der Waals surface area contributed by atoms with Crippen LogP contribution in [-0.2, 0) is 11.3 Å². The number of nitrogens with one attached hydrogen (secondary N) is 2. The van der Waals surface area contributed by atoms with Crippen molar-refractivity contribution in [1.82, 2.24) is 14.8 Å². The van der Waals surface area contributed by atoms with Gasteiger partial charge in [-0.1, -0.05) is 26.0 Å². The first-order valence-electron chi connectivity index (χ1n) is 13.4. The smallest absolute Gasteiger partial charge is 0.263 e. The van der Waals surface area contributed by atoms with Gasteiger partial charge in [0.15, 0.2) is 18.2 Å². The second kappa shape index (κ2) is 13.4. The van der Waals surface area contributed by atoms with Crippen molar-refractivity contribution in [1.29, 1.82) is 0 Å². The van der Waals surface area contributed by atoms with Gasteiger partial charge in [0.05, 0.1) is 0 Å². The molecule has 1 aromatic heterocycles. The number of carbonyl (C=O) groups excluding carboxylic acids is 2. The van der Waals surface area contributed by atoms with Gasteiger partial charge in [0.1, 0.15) is 12.5 Å². The molecule has 2 amide bonds. The Morgan fingerprint density at radius 3 is 2.55 bits per heavy atom. The Hall–Kier alpha value is -4.02. The molecule has 10 heteroatoms. The zero-order valence-electron chi connectivity index (χ0n) is 23.4. The minimum absolute atomic E-state index is 0.128. The minimum Gasteiger partial charge on any atom is -0.476 e. The highest BCUT2D eigenvalue weighted by Crippen LogP contribution is 2.39. The SMILES string of the molecule is CCN(CC)CCN(CF)Cc1ccc(NC(=O)c2ccc(C)c(Oc3ccnc4c3OCC(=O)N4)c2)cc1C. The van der Waals surface area contributed by atoms with E-state index in [1.807, 2.05) is 32.0 Å². The number of hydrogen-bond acceptors (Lipinski definition) is 7. The van der Waals surface area contributed by atoms with E-state index in [4.69, 9.17) is 9.47 Å². The van der Waals surface area contributed by atoms with Gasteiger partial charge in [-0.05, 0) is 67.9 Å². The van der Waals surface area contributed by atoms with Crippen molar-refractivity contribution in [2.75, 3.05) is 50.2 Å². The van der Waals surface area contributed by atoms with Gasteiger partial charge in [0.2, 0.25) is 5.75 Å². The molecule has 1 aliphatic rings. The topological polar surface area (TPSA) is 96.0 Å². The van der Waals surface area contributed by atoms with Crippen molar-refractivity contribution in [3.8, 4) is 17.2 Å². The summed E-state index contributed by atoms with van der Waals surface area (Å²) in [4.78, 5) is 32.9. The van der Waals surface area contributed by atoms with Gasteiger partial charge in [-0.3, -0.25) is 14.5 Å². The number of halogens is 1. The van der Waals surface area contributed by atoms with E-state index in [0.717, 1.165) is 36.3 Å². The van der Waals surface area contributed by atoms with E-state index >= 15 is 0 Å². The maximum Gasteiger partial charge on any atom is 0.263 e. The first kappa shape index (κ1) is 29.0. The van der Waals surface area contributed by atoms with E-state index in [1.165, 1.54) is 6.20 Å². The number of alkyl halides is 1. The monoisotopic (exact) mass is 549 g/mol. The molecule has 40 heavy (non-hydrogen) atoms. The maximum atomic E-state index is 13.7. The number of nitrogens with zero attached hydrogens (tertiary/aromatic N) is 3. The van der Waals surface area contributed by atoms with Crippen molar-refractivity contribution >= 4 is 23.3 Å². The lowest BCUT2D eigenvalue weighted by Crippen LogP contribution is -2.34. The first-order valence-corrected chi connectivity index (χ1v) is 13.4. The highest BCUT2D eigenvalue weighted by molar-refractivity contribution is 6.04. The fraction of sp³-hybridized carbons (Fsp3) is 0.367. The Kier molecular flexibility index (Phi) is 9.68. The zero-order valence-corrected chi connectivity index (χ0v) is 23.4. The Morgan fingerprint density at radius 1 is 1.05 bits per heavy atom. The molecule has 2 heterocycles. The summed E-state index contributed by atoms with van der Waals surface area (Å²) in [6.45, 7) is 11.3. The minimum atomic E-state index is -0.514. The molecular weight excluding hydrogens is 513 g/mol. The van der Waals surface area contributed by atoms with Crippen LogP contribution in [0.3, 0.4) is 0 Å². The molecule has 212 valence electrons. The number of fused-ring (bicyclic) bond motifs is 1. The maximum absolute atomic E-state index is 13.7. The summed E-state index contributed by atoms with van der Waals surface area (Å²) < 4.78 is 25.3. The Morgan fingerprint density at radius 2 is 1.82 bits per heavy atom. The molecule has 2 aromatic carbocycles. The molecule has 0 spiro atoms. The van der Waals surface area contributed by atoms with E-state index in [2.05, 4.69) is 34.4 Å². The van der Waals surface area contributed by atoms with E-state index < -0.39 is 6.80 Å². The molecule has 2 N–H and O–H groups in total. The molecule has 0 fully saturated rings. The highest BCUT2D eigenvalue weighted by atomic mass is 19.1. The molecule has 9 nitrogen and oxygen atoms in total. The number of anilines is 2. The molecule has 0 saturated carbocycles. The Balaban J connectivity index is 1.43. The van der Waals surface area contributed by atoms with Crippen LogP contribution in [0.5, 0.6) is 17.2 Å². The Bertz CT molecular complexity index is 1360. The average Bonchev–Trinajstić information content (AvgIpc) is 2.95. The molecule has 0 radical (unpaired) electrons. The van der Waals surface area contributed by atoms with Crippen LogP contribution in [-0.4, -0.2) is 66.2 Å². The van der Waals surface area contributed by atoms with Crippen molar-refractivity contribution in [2.24, 2.45) is 0 Å². The van der Waals surface area contributed by atoms with Crippen LogP contribution < -0.4 is 20.1 Å². The molecule has 4 rings (SSSR count). The number of pyridine rings is 1. The standard InChI is InChI=1S/C30H36FN5O4/c1-5-35(6-2)13-14-36(19-31)17-23-9-10-24(15-21(23)4)33-30(38)22-8-7-20(3)26(16-22)40-25-11-12-32-29-28(25)39-18-27(37)34-29/h7-12,15-16H,5-6,13-14,17-19H2,1-4H3,(H,33,38)(H,32,34,37). The van der Waals surface area contributed by atoms with E-state index in [0.29, 0.717) is 41.6 Å². The van der Waals surface area contributed by atoms with Crippen LogP contribution in [0.1, 0.15) is 40.9 Å². The van der Waals surface area contributed by atoms with Crippen molar-refractivity contribution in [3.05, 3.63) is 70.9 Å². The van der Waals surface area contributed by atoms with Gasteiger partial charge in [-0.25, -0.2) is 9.37 Å². The molecule has 3 aromatic rings. The summed E-state index contributed by atoms with van der Waals surface area (Å²) in [6, 6.07) is 12.5. The van der Waals surface area contributed by atoms with Crippen molar-refractivity contribution in [2.45, 2.75) is 34.2 Å². The fourth-order valence-corrected chi connectivity index (χ4v) is 4.41. The quantitative estimate of drug-likeness (QED) is 0.302. The molecular formula is C30H36FN5O4. The second-order valence-electron chi connectivity index (χ2n) is 9.70. The highest BCUT2D eigenvalue weighted by Gasteiger charge is 2.22. The van der Waals surface area contributed by atoms with Gasteiger partial charge in [0, 0.05) is 43.1 Å². The number of carbonyl (C=O) groups is 2. The predicted molar refractivity (Wildman–Crippen MR) is 153 cm³/mol. The number of hydrogen-bond donors (Lipinski definition) is 2. The third-order valence-corrected chi connectivity index (χ3v) is 6.93. The molecule has 0 unspecified atom stereocenters. The van der Waals surface area contributed by atoms with Crippen molar-refractivity contribution in [3.63, 3.8) is 0 Å². The normalized spacial score (nSPS) is 12.6. The lowest BCUT2D eigenvalue weighted by Gasteiger charge is -2.24. The third-order valence-electron chi connectivity index (χ3n) is 6.93. The van der Waals surface area contributed by atoms with Crippen LogP contribution in [0, 0.1) is 13.8 Å². The summed E-state index contributed by atoms with van der Waals surface area (Å²) in [6.07, 6.45) is 1.51. The van der Waals surface area contributed by atoms with Crippen LogP contribution >= 0.6 is 0 Å². The van der Waals surface area contributed by atoms with Crippen LogP contribution in [0.25, 0.3) is 0 Å². The van der Waals surface area contributed by atoms with Crippen LogP contribution in [0.2, 0.25) is 0 Å². The molecule has 0 saturated heterocycles. The summed E-state index contributed by atoms with van der Waals surface area (Å²) in [7, 11) is 0. The number of benzene rings is 2. The zero-order chi connectivity index (χ0) is 28.6. The summed E-state index contributed by atoms with van der Waals surface area (Å²) in [5.41, 5.74) is 3.87. The Labute approximate surface area is 234 Å². The number of ether oxygens (including phenoxy) is 2. The van der Waals surface area contributed by atoms with E-state index in [1.54, 1.807) is 29.2 Å². The number of aryl methyl sites for hydroxylation is 2. The third kappa shape index (κ3) is 7.13. The average molecular weight is 550 g/mol. The number of rotatable bonds is 12. The fourth-order valence-electron chi connectivity index (χ4n) is 4.41. The second-order valence-corrected chi connectivity index (χ2v) is 9.70. The van der Waals surface area contributed by atoms with E-state index in [-0.39, 0.29) is 24.2 Å². The lowest BCUT2D eigenvalue weighted by molar-refractivity contribution is -0.118. The van der Waals surface area contributed by atoms with Gasteiger partial charge in [-0.2, -0.15) is 0 Å². The van der Waals surface area contributed by atoms with Crippen LogP contribution in [0.4, 0.5) is 15.9 Å². The first-order chi connectivity index (χ1) is 19.3. The van der Waals surface area contributed by atoms with Gasteiger partial charge >= 0.3 is 0 Å². The van der Waals surface area contributed by atoms with Gasteiger partial charge < -0.3 is 25.0 Å². The molecule has 0 bridgehead atoms. The summed E-state index contributed by atoms with van der Waals surface area (Å²) in [5, 5.41) is 5.60. The predicted octanol–water partition coefficient (Wildman–Crippen LogP) is 5.14. The van der Waals surface area contributed by atoms with Crippen molar-refractivity contribution < 1.29 is 23.5 Å². The number of amides is 2. The molecule has 1 aliphatic heterocycles.